The molecule has 3 rings (SSSR count). The Balaban J connectivity index is 1.94. The highest BCUT2D eigenvalue weighted by atomic mass is 19.1. The lowest BCUT2D eigenvalue weighted by Crippen LogP contribution is -1.89. The molecule has 3 aromatic carbocycles. The van der Waals surface area contributed by atoms with Crippen LogP contribution in [0, 0.1) is 12.7 Å². The van der Waals surface area contributed by atoms with Gasteiger partial charge >= 0.3 is 0 Å². The Morgan fingerprint density at radius 2 is 1.26 bits per heavy atom. The fourth-order valence-corrected chi connectivity index (χ4v) is 2.72. The van der Waals surface area contributed by atoms with Crippen LogP contribution in [0.1, 0.15) is 30.9 Å². The molecule has 0 aliphatic rings. The van der Waals surface area contributed by atoms with E-state index < -0.39 is 0 Å². The molecule has 23 heavy (non-hydrogen) atoms. The average molecular weight is 304 g/mol. The maximum atomic E-state index is 14.6. The molecule has 0 spiro atoms. The normalized spacial score (nSPS) is 11.0. The standard InChI is InChI=1S/C22H21F/c1-15(2)17-8-10-19(11-9-17)21-13-12-20(14-22(21)23)18-6-4-16(3)5-7-18/h4-15H,1-3H3. The summed E-state index contributed by atoms with van der Waals surface area (Å²) in [6, 6.07) is 21.8. The first kappa shape index (κ1) is 15.5. The van der Waals surface area contributed by atoms with E-state index >= 15 is 0 Å². The van der Waals surface area contributed by atoms with Crippen molar-refractivity contribution in [2.75, 3.05) is 0 Å². The molecule has 0 atom stereocenters. The van der Waals surface area contributed by atoms with Crippen molar-refractivity contribution >= 4 is 0 Å². The van der Waals surface area contributed by atoms with Crippen LogP contribution in [0.15, 0.2) is 66.7 Å². The van der Waals surface area contributed by atoms with Crippen LogP contribution < -0.4 is 0 Å². The van der Waals surface area contributed by atoms with Crippen molar-refractivity contribution in [1.29, 1.82) is 0 Å². The van der Waals surface area contributed by atoms with Crippen molar-refractivity contribution in [2.24, 2.45) is 0 Å². The maximum Gasteiger partial charge on any atom is 0.131 e. The molecule has 116 valence electrons. The summed E-state index contributed by atoms with van der Waals surface area (Å²) in [6.45, 7) is 6.37. The molecule has 0 aromatic heterocycles. The van der Waals surface area contributed by atoms with Gasteiger partial charge in [0.1, 0.15) is 5.82 Å². The van der Waals surface area contributed by atoms with Crippen LogP contribution in [-0.4, -0.2) is 0 Å². The molecule has 0 heterocycles. The van der Waals surface area contributed by atoms with Gasteiger partial charge in [0, 0.05) is 5.56 Å². The Kier molecular flexibility index (Phi) is 4.29. The lowest BCUT2D eigenvalue weighted by atomic mass is 9.96. The molecular formula is C22H21F. The molecule has 0 N–H and O–H groups in total. The number of hydrogen-bond donors (Lipinski definition) is 0. The van der Waals surface area contributed by atoms with Gasteiger partial charge in [-0.1, -0.05) is 80.1 Å². The molecule has 0 bridgehead atoms. The van der Waals surface area contributed by atoms with Crippen LogP contribution in [0.4, 0.5) is 4.39 Å². The fourth-order valence-electron chi connectivity index (χ4n) is 2.72. The summed E-state index contributed by atoms with van der Waals surface area (Å²) in [5, 5.41) is 0. The molecule has 0 saturated carbocycles. The summed E-state index contributed by atoms with van der Waals surface area (Å²) in [5.74, 6) is 0.304. The largest absolute Gasteiger partial charge is 0.206 e. The maximum absolute atomic E-state index is 14.6. The van der Waals surface area contributed by atoms with Crippen molar-refractivity contribution < 1.29 is 4.39 Å². The summed E-state index contributed by atoms with van der Waals surface area (Å²) in [6.07, 6.45) is 0. The van der Waals surface area contributed by atoms with Gasteiger partial charge in [-0.25, -0.2) is 4.39 Å². The van der Waals surface area contributed by atoms with Gasteiger partial charge in [0.15, 0.2) is 0 Å². The number of benzene rings is 3. The van der Waals surface area contributed by atoms with Gasteiger partial charge in [0.25, 0.3) is 0 Å². The van der Waals surface area contributed by atoms with Crippen LogP contribution >= 0.6 is 0 Å². The van der Waals surface area contributed by atoms with E-state index in [9.17, 15) is 4.39 Å². The van der Waals surface area contributed by atoms with Gasteiger partial charge < -0.3 is 0 Å². The quantitative estimate of drug-likeness (QED) is 0.512. The fraction of sp³-hybridized carbons (Fsp3) is 0.182. The van der Waals surface area contributed by atoms with Crippen LogP contribution in [0.2, 0.25) is 0 Å². The van der Waals surface area contributed by atoms with Crippen molar-refractivity contribution in [3.8, 4) is 22.3 Å². The highest BCUT2D eigenvalue weighted by Gasteiger charge is 2.08. The molecule has 0 radical (unpaired) electrons. The van der Waals surface area contributed by atoms with Crippen molar-refractivity contribution in [3.05, 3.63) is 83.7 Å². The van der Waals surface area contributed by atoms with E-state index in [1.54, 1.807) is 6.07 Å². The smallest absolute Gasteiger partial charge is 0.131 e. The molecule has 0 saturated heterocycles. The zero-order chi connectivity index (χ0) is 16.4. The van der Waals surface area contributed by atoms with E-state index in [0.717, 1.165) is 16.7 Å². The molecule has 0 aliphatic heterocycles. The lowest BCUT2D eigenvalue weighted by molar-refractivity contribution is 0.632. The zero-order valence-corrected chi connectivity index (χ0v) is 13.8. The Labute approximate surface area is 137 Å². The monoisotopic (exact) mass is 304 g/mol. The minimum absolute atomic E-state index is 0.180. The van der Waals surface area contributed by atoms with Gasteiger partial charge in [-0.2, -0.15) is 0 Å². The van der Waals surface area contributed by atoms with Gasteiger partial charge in [0.05, 0.1) is 0 Å². The van der Waals surface area contributed by atoms with E-state index in [0.29, 0.717) is 11.5 Å². The van der Waals surface area contributed by atoms with Crippen molar-refractivity contribution in [3.63, 3.8) is 0 Å². The Hall–Kier alpha value is -2.41. The van der Waals surface area contributed by atoms with Crippen LogP contribution in [-0.2, 0) is 0 Å². The van der Waals surface area contributed by atoms with Gasteiger partial charge in [-0.15, -0.1) is 0 Å². The molecule has 3 aromatic rings. The van der Waals surface area contributed by atoms with E-state index in [2.05, 4.69) is 26.0 Å². The highest BCUT2D eigenvalue weighted by molar-refractivity contribution is 5.71. The predicted octanol–water partition coefficient (Wildman–Crippen LogP) is 6.59. The van der Waals surface area contributed by atoms with E-state index in [1.807, 2.05) is 55.5 Å². The first-order valence-electron chi connectivity index (χ1n) is 8.01. The van der Waals surface area contributed by atoms with Crippen LogP contribution in [0.25, 0.3) is 22.3 Å². The summed E-state index contributed by atoms with van der Waals surface area (Å²) < 4.78 is 14.6. The number of halogens is 1. The Morgan fingerprint density at radius 3 is 1.83 bits per heavy atom. The summed E-state index contributed by atoms with van der Waals surface area (Å²) in [7, 11) is 0. The van der Waals surface area contributed by atoms with Gasteiger partial charge in [-0.05, 0) is 41.2 Å². The predicted molar refractivity (Wildman–Crippen MR) is 96.1 cm³/mol. The van der Waals surface area contributed by atoms with Crippen molar-refractivity contribution in [2.45, 2.75) is 26.7 Å². The number of rotatable bonds is 3. The van der Waals surface area contributed by atoms with Crippen LogP contribution in [0.3, 0.4) is 0 Å². The molecule has 0 fully saturated rings. The first-order valence-corrected chi connectivity index (χ1v) is 8.01. The van der Waals surface area contributed by atoms with Gasteiger partial charge in [0.2, 0.25) is 0 Å². The molecule has 0 aliphatic carbocycles. The third kappa shape index (κ3) is 3.34. The Morgan fingerprint density at radius 1 is 0.696 bits per heavy atom. The number of hydrogen-bond acceptors (Lipinski definition) is 0. The molecule has 1 heteroatoms. The molecular weight excluding hydrogens is 283 g/mol. The van der Waals surface area contributed by atoms with E-state index in [1.165, 1.54) is 11.1 Å². The summed E-state index contributed by atoms with van der Waals surface area (Å²) in [5.41, 5.74) is 5.99. The van der Waals surface area contributed by atoms with Crippen molar-refractivity contribution in [1.82, 2.24) is 0 Å². The minimum atomic E-state index is -0.180. The summed E-state index contributed by atoms with van der Waals surface area (Å²) >= 11 is 0. The average Bonchev–Trinajstić information content (AvgIpc) is 2.55. The Bertz CT molecular complexity index is 796. The SMILES string of the molecule is Cc1ccc(-c2ccc(-c3ccc(C(C)C)cc3)c(F)c2)cc1. The lowest BCUT2D eigenvalue weighted by Gasteiger charge is -2.09. The third-order valence-corrected chi connectivity index (χ3v) is 4.24. The highest BCUT2D eigenvalue weighted by Crippen LogP contribution is 2.29. The first-order chi connectivity index (χ1) is 11.0. The summed E-state index contributed by atoms with van der Waals surface area (Å²) in [4.78, 5) is 0. The number of aryl methyl sites for hydroxylation is 1. The second-order valence-corrected chi connectivity index (χ2v) is 6.34. The van der Waals surface area contributed by atoms with E-state index in [4.69, 9.17) is 0 Å². The van der Waals surface area contributed by atoms with Crippen LogP contribution in [0.5, 0.6) is 0 Å². The topological polar surface area (TPSA) is 0 Å². The second kappa shape index (κ2) is 6.37. The third-order valence-electron chi connectivity index (χ3n) is 4.24. The van der Waals surface area contributed by atoms with Gasteiger partial charge in [-0.3, -0.25) is 0 Å². The molecule has 0 unspecified atom stereocenters. The van der Waals surface area contributed by atoms with E-state index in [-0.39, 0.29) is 5.82 Å². The zero-order valence-electron chi connectivity index (χ0n) is 13.8. The minimum Gasteiger partial charge on any atom is -0.206 e. The molecule has 0 amide bonds. The second-order valence-electron chi connectivity index (χ2n) is 6.34. The molecule has 0 nitrogen and oxygen atoms in total.